The van der Waals surface area contributed by atoms with Crippen molar-refractivity contribution >= 4 is 35.4 Å². The van der Waals surface area contributed by atoms with E-state index < -0.39 is 84.6 Å². The molecule has 2 aromatic carbocycles. The van der Waals surface area contributed by atoms with E-state index in [1.54, 1.807) is 38.2 Å². The zero-order valence-corrected chi connectivity index (χ0v) is 29.6. The first-order chi connectivity index (χ1) is 24.8. The minimum Gasteiger partial charge on any atom is -0.447 e. The van der Waals surface area contributed by atoms with E-state index in [0.717, 1.165) is 18.3 Å². The molecule has 1 aromatic heterocycles. The monoisotopic (exact) mass is 773 g/mol. The maximum absolute atomic E-state index is 15.2. The van der Waals surface area contributed by atoms with Crippen LogP contribution in [0.25, 0.3) is 0 Å². The Balaban J connectivity index is 1.48. The first-order valence-electron chi connectivity index (χ1n) is 16.3. The van der Waals surface area contributed by atoms with E-state index >= 15 is 4.39 Å². The maximum atomic E-state index is 15.2. The quantitative estimate of drug-likeness (QED) is 0.188. The van der Waals surface area contributed by atoms with Crippen molar-refractivity contribution in [2.45, 2.75) is 69.5 Å². The second-order valence-corrected chi connectivity index (χ2v) is 13.7. The summed E-state index contributed by atoms with van der Waals surface area (Å²) in [4.78, 5) is 43.6. The van der Waals surface area contributed by atoms with Crippen molar-refractivity contribution in [3.63, 3.8) is 0 Å². The van der Waals surface area contributed by atoms with Crippen LogP contribution in [0.5, 0.6) is 0 Å². The van der Waals surface area contributed by atoms with Crippen LogP contribution in [-0.4, -0.2) is 84.2 Å². The van der Waals surface area contributed by atoms with Gasteiger partial charge in [-0.05, 0) is 69.0 Å². The average molecular weight is 774 g/mol. The van der Waals surface area contributed by atoms with Gasteiger partial charge in [0.1, 0.15) is 36.2 Å². The molecule has 1 fully saturated rings. The summed E-state index contributed by atoms with van der Waals surface area (Å²) >= 11 is 6.03. The number of pyridine rings is 1. The van der Waals surface area contributed by atoms with Crippen LogP contribution in [0.15, 0.2) is 54.9 Å². The second-order valence-electron chi connectivity index (χ2n) is 13.2. The SMILES string of the molecule is CC(C)(C)OC(=O)N1CC(CCc2c(F)cncc2NC(=O)[C@@H](N)[C@@H](c2ccc(Cl)cc2)c2cc(F)cc(F)c2)OCC1COC(=O)NCC(F)(F)F. The minimum atomic E-state index is -4.66. The van der Waals surface area contributed by atoms with Crippen LogP contribution < -0.4 is 16.4 Å². The van der Waals surface area contributed by atoms with Crippen molar-refractivity contribution < 1.29 is 54.9 Å². The molecule has 1 saturated heterocycles. The summed E-state index contributed by atoms with van der Waals surface area (Å²) in [6.07, 6.45) is -5.37. The molecule has 18 heteroatoms. The average Bonchev–Trinajstić information content (AvgIpc) is 3.05. The molecule has 3 amide bonds. The molecular formula is C35H38ClF6N5O6. The lowest BCUT2D eigenvalue weighted by Gasteiger charge is -2.39. The van der Waals surface area contributed by atoms with Gasteiger partial charge in [-0.15, -0.1) is 0 Å². The molecule has 0 bridgehead atoms. The zero-order valence-electron chi connectivity index (χ0n) is 28.8. The molecule has 0 aliphatic carbocycles. The molecule has 288 valence electrons. The summed E-state index contributed by atoms with van der Waals surface area (Å²) in [6.45, 7) is 2.42. The number of hydrogen-bond donors (Lipinski definition) is 3. The number of nitrogens with zero attached hydrogens (tertiary/aromatic N) is 2. The number of aromatic nitrogens is 1. The van der Waals surface area contributed by atoms with E-state index in [9.17, 15) is 36.3 Å². The number of benzene rings is 2. The Hall–Kier alpha value is -4.61. The van der Waals surface area contributed by atoms with Crippen molar-refractivity contribution in [1.82, 2.24) is 15.2 Å². The van der Waals surface area contributed by atoms with E-state index in [2.05, 4.69) is 10.3 Å². The molecule has 53 heavy (non-hydrogen) atoms. The Labute approximate surface area is 306 Å². The molecule has 4 N–H and O–H groups in total. The fourth-order valence-corrected chi connectivity index (χ4v) is 5.66. The smallest absolute Gasteiger partial charge is 0.410 e. The van der Waals surface area contributed by atoms with Gasteiger partial charge in [-0.2, -0.15) is 13.2 Å². The normalized spacial score (nSPS) is 17.5. The number of ether oxygens (including phenoxy) is 3. The molecule has 1 aliphatic rings. The van der Waals surface area contributed by atoms with E-state index in [4.69, 9.17) is 31.5 Å². The first-order valence-corrected chi connectivity index (χ1v) is 16.7. The molecule has 4 rings (SSSR count). The summed E-state index contributed by atoms with van der Waals surface area (Å²) in [6, 6.07) is 6.59. The summed E-state index contributed by atoms with van der Waals surface area (Å²) in [5.74, 6) is -4.43. The highest BCUT2D eigenvalue weighted by Gasteiger charge is 2.37. The molecule has 0 saturated carbocycles. The predicted molar refractivity (Wildman–Crippen MR) is 181 cm³/mol. The van der Waals surface area contributed by atoms with Crippen molar-refractivity contribution in [1.29, 1.82) is 0 Å². The fraction of sp³-hybridized carbons (Fsp3) is 0.429. The van der Waals surface area contributed by atoms with E-state index in [0.29, 0.717) is 16.7 Å². The summed E-state index contributed by atoms with van der Waals surface area (Å²) in [5, 5.41) is 4.53. The van der Waals surface area contributed by atoms with Crippen molar-refractivity contribution in [2.24, 2.45) is 5.73 Å². The van der Waals surface area contributed by atoms with Gasteiger partial charge < -0.3 is 30.6 Å². The van der Waals surface area contributed by atoms with E-state index in [-0.39, 0.29) is 42.8 Å². The van der Waals surface area contributed by atoms with Gasteiger partial charge in [0.15, 0.2) is 0 Å². The third-order valence-electron chi connectivity index (χ3n) is 7.95. The van der Waals surface area contributed by atoms with Gasteiger partial charge in [-0.3, -0.25) is 14.7 Å². The number of alkyl halides is 3. The van der Waals surface area contributed by atoms with E-state index in [1.807, 2.05) is 0 Å². The Kier molecular flexibility index (Phi) is 13.6. The third-order valence-corrected chi connectivity index (χ3v) is 8.20. The Morgan fingerprint density at radius 2 is 1.70 bits per heavy atom. The Morgan fingerprint density at radius 3 is 2.32 bits per heavy atom. The van der Waals surface area contributed by atoms with Crippen LogP contribution in [0.4, 0.5) is 41.6 Å². The molecule has 0 radical (unpaired) electrons. The van der Waals surface area contributed by atoms with Gasteiger partial charge in [-0.25, -0.2) is 22.8 Å². The Morgan fingerprint density at radius 1 is 1.04 bits per heavy atom. The molecule has 11 nitrogen and oxygen atoms in total. The van der Waals surface area contributed by atoms with Gasteiger partial charge in [-0.1, -0.05) is 23.7 Å². The molecular weight excluding hydrogens is 736 g/mol. The van der Waals surface area contributed by atoms with Gasteiger partial charge in [0, 0.05) is 22.6 Å². The van der Waals surface area contributed by atoms with Gasteiger partial charge in [0.25, 0.3) is 0 Å². The highest BCUT2D eigenvalue weighted by molar-refractivity contribution is 6.30. The van der Waals surface area contributed by atoms with Crippen LogP contribution >= 0.6 is 11.6 Å². The lowest BCUT2D eigenvalue weighted by atomic mass is 9.84. The highest BCUT2D eigenvalue weighted by Crippen LogP contribution is 2.31. The van der Waals surface area contributed by atoms with Crippen molar-refractivity contribution in [2.75, 3.05) is 31.6 Å². The highest BCUT2D eigenvalue weighted by atomic mass is 35.5. The van der Waals surface area contributed by atoms with Gasteiger partial charge in [0.05, 0.1) is 49.4 Å². The number of nitrogens with one attached hydrogen (secondary N) is 2. The lowest BCUT2D eigenvalue weighted by molar-refractivity contribution is -0.124. The summed E-state index contributed by atoms with van der Waals surface area (Å²) < 4.78 is 97.5. The second kappa shape index (κ2) is 17.5. The number of hydrogen-bond acceptors (Lipinski definition) is 8. The van der Waals surface area contributed by atoms with Crippen molar-refractivity contribution in [3.8, 4) is 0 Å². The number of nitrogens with two attached hydrogens (primary N) is 1. The molecule has 0 spiro atoms. The number of alkyl carbamates (subject to hydrolysis) is 1. The molecule has 2 heterocycles. The van der Waals surface area contributed by atoms with Crippen LogP contribution in [0.2, 0.25) is 5.02 Å². The standard InChI is InChI=1S/C35H38ClF6N5O6/c1-34(2,3)53-33(50)47-15-25(51-16-24(47)17-52-32(49)45-18-35(40,41)42)8-9-26-27(39)13-44-14-28(26)46-31(48)30(43)29(19-4-6-21(36)7-5-19)20-10-22(37)12-23(38)11-20/h4-7,10-14,24-25,29-30H,8-9,15-18,43H2,1-3H3,(H,45,49)(H,46,48)/t24?,25?,29-,30-/m0/s1. The van der Waals surface area contributed by atoms with Crippen LogP contribution in [0.3, 0.4) is 0 Å². The fourth-order valence-electron chi connectivity index (χ4n) is 5.54. The number of anilines is 1. The largest absolute Gasteiger partial charge is 0.447 e. The van der Waals surface area contributed by atoms with Crippen molar-refractivity contribution in [3.05, 3.63) is 94.0 Å². The molecule has 1 aliphatic heterocycles. The minimum absolute atomic E-state index is 0.0135. The zero-order chi connectivity index (χ0) is 39.1. The maximum Gasteiger partial charge on any atom is 0.410 e. The van der Waals surface area contributed by atoms with Crippen LogP contribution in [-0.2, 0) is 25.4 Å². The number of amides is 3. The number of rotatable bonds is 11. The van der Waals surface area contributed by atoms with Gasteiger partial charge in [0.2, 0.25) is 5.91 Å². The Bertz CT molecular complexity index is 1740. The number of morpholine rings is 1. The lowest BCUT2D eigenvalue weighted by Crippen LogP contribution is -2.55. The number of carbonyl (C=O) groups is 3. The first kappa shape index (κ1) is 41.2. The third kappa shape index (κ3) is 12.2. The number of carbonyl (C=O) groups excluding carboxylic acids is 3. The van der Waals surface area contributed by atoms with Crippen LogP contribution in [0.1, 0.15) is 49.8 Å². The molecule has 4 atom stereocenters. The summed E-state index contributed by atoms with van der Waals surface area (Å²) in [5.41, 5.74) is 5.95. The number of halogens is 7. The molecule has 3 aromatic rings. The molecule has 2 unspecified atom stereocenters. The van der Waals surface area contributed by atoms with Gasteiger partial charge >= 0.3 is 18.4 Å². The summed E-state index contributed by atoms with van der Waals surface area (Å²) in [7, 11) is 0. The van der Waals surface area contributed by atoms with Crippen LogP contribution in [0, 0.1) is 17.5 Å². The van der Waals surface area contributed by atoms with E-state index in [1.165, 1.54) is 23.2 Å². The predicted octanol–water partition coefficient (Wildman–Crippen LogP) is 6.48. The topological polar surface area (TPSA) is 145 Å².